The van der Waals surface area contributed by atoms with Crippen LogP contribution in [0.1, 0.15) is 27.4 Å². The number of ketones is 1. The second-order valence-corrected chi connectivity index (χ2v) is 6.24. The maximum absolute atomic E-state index is 13.4. The number of furan rings is 2. The van der Waals surface area contributed by atoms with E-state index in [2.05, 4.69) is 0 Å². The van der Waals surface area contributed by atoms with Crippen molar-refractivity contribution in [3.05, 3.63) is 95.4 Å². The molecule has 0 radical (unpaired) electrons. The Balaban J connectivity index is 1.83. The normalized spacial score (nSPS) is 10.8. The Morgan fingerprint density at radius 3 is 1.42 bits per heavy atom. The van der Waals surface area contributed by atoms with Crippen molar-refractivity contribution in [2.45, 2.75) is 13.8 Å². The molecule has 2 heterocycles. The third-order valence-corrected chi connectivity index (χ3v) is 4.36. The van der Waals surface area contributed by atoms with Gasteiger partial charge in [-0.2, -0.15) is 0 Å². The summed E-state index contributed by atoms with van der Waals surface area (Å²) in [6.07, 6.45) is 0. The lowest BCUT2D eigenvalue weighted by molar-refractivity contribution is 0.103. The van der Waals surface area contributed by atoms with Gasteiger partial charge in [0.2, 0.25) is 0 Å². The molecule has 0 atom stereocenters. The first-order valence-corrected chi connectivity index (χ1v) is 8.50. The highest BCUT2D eigenvalue weighted by atomic mass is 16.3. The molecule has 0 bridgehead atoms. The van der Waals surface area contributed by atoms with Crippen molar-refractivity contribution in [3.63, 3.8) is 0 Å². The van der Waals surface area contributed by atoms with Crippen molar-refractivity contribution in [1.82, 2.24) is 0 Å². The Kier molecular flexibility index (Phi) is 4.05. The highest BCUT2D eigenvalue weighted by molar-refractivity contribution is 6.15. The van der Waals surface area contributed by atoms with Crippen LogP contribution in [0.3, 0.4) is 0 Å². The van der Waals surface area contributed by atoms with Gasteiger partial charge in [0, 0.05) is 22.3 Å². The van der Waals surface area contributed by atoms with Gasteiger partial charge in [0.15, 0.2) is 5.78 Å². The fourth-order valence-corrected chi connectivity index (χ4v) is 3.10. The molecule has 0 amide bonds. The molecular formula is C23H18O3. The molecule has 0 saturated heterocycles. The number of hydrogen-bond donors (Lipinski definition) is 0. The van der Waals surface area contributed by atoms with Gasteiger partial charge in [-0.15, -0.1) is 0 Å². The van der Waals surface area contributed by atoms with Crippen LogP contribution >= 0.6 is 0 Å². The topological polar surface area (TPSA) is 43.4 Å². The van der Waals surface area contributed by atoms with Gasteiger partial charge in [-0.3, -0.25) is 4.79 Å². The van der Waals surface area contributed by atoms with Crippen LogP contribution in [0.15, 0.2) is 81.6 Å². The summed E-state index contributed by atoms with van der Waals surface area (Å²) in [4.78, 5) is 13.4. The van der Waals surface area contributed by atoms with Crippen LogP contribution < -0.4 is 0 Å². The molecule has 0 aliphatic carbocycles. The molecule has 2 aromatic heterocycles. The van der Waals surface area contributed by atoms with E-state index in [0.29, 0.717) is 22.6 Å². The van der Waals surface area contributed by atoms with Gasteiger partial charge < -0.3 is 8.83 Å². The minimum absolute atomic E-state index is 0.0562. The summed E-state index contributed by atoms with van der Waals surface area (Å²) < 4.78 is 11.5. The Morgan fingerprint density at radius 1 is 0.615 bits per heavy atom. The fourth-order valence-electron chi connectivity index (χ4n) is 3.10. The van der Waals surface area contributed by atoms with Gasteiger partial charge in [-0.1, -0.05) is 48.5 Å². The summed E-state index contributed by atoms with van der Waals surface area (Å²) in [6.45, 7) is 3.78. The summed E-state index contributed by atoms with van der Waals surface area (Å²) in [5.74, 6) is 2.96. The molecule has 0 aliphatic rings. The molecule has 4 rings (SSSR count). The van der Waals surface area contributed by atoms with Crippen molar-refractivity contribution in [2.75, 3.05) is 0 Å². The summed E-state index contributed by atoms with van der Waals surface area (Å²) >= 11 is 0. The number of carbonyl (C=O) groups excluding carboxylic acids is 1. The van der Waals surface area contributed by atoms with Crippen LogP contribution in [0, 0.1) is 13.8 Å². The van der Waals surface area contributed by atoms with Crippen LogP contribution in [0.2, 0.25) is 0 Å². The zero-order chi connectivity index (χ0) is 18.1. The van der Waals surface area contributed by atoms with E-state index in [-0.39, 0.29) is 5.78 Å². The Hall–Kier alpha value is -3.33. The fraction of sp³-hybridized carbons (Fsp3) is 0.0870. The van der Waals surface area contributed by atoms with Crippen LogP contribution in [-0.4, -0.2) is 5.78 Å². The minimum atomic E-state index is -0.0562. The monoisotopic (exact) mass is 342 g/mol. The minimum Gasteiger partial charge on any atom is -0.461 e. The molecule has 0 saturated carbocycles. The molecule has 0 unspecified atom stereocenters. The maximum atomic E-state index is 13.4. The molecule has 0 N–H and O–H groups in total. The lowest BCUT2D eigenvalue weighted by Gasteiger charge is -2.10. The average Bonchev–Trinajstić information content (AvgIpc) is 3.29. The molecule has 128 valence electrons. The lowest BCUT2D eigenvalue weighted by Crippen LogP contribution is -2.05. The number of carbonyl (C=O) groups is 1. The average molecular weight is 342 g/mol. The standard InChI is InChI=1S/C23H18O3/c1-15-11-13-21(25-15)17-7-3-5-9-19(17)23(24)20-10-6-4-8-18(20)22-14-12-16(2)26-22/h3-14H,1-2H3. The van der Waals surface area contributed by atoms with Crippen molar-refractivity contribution in [2.24, 2.45) is 0 Å². The lowest BCUT2D eigenvalue weighted by atomic mass is 9.93. The largest absolute Gasteiger partial charge is 0.461 e. The van der Waals surface area contributed by atoms with E-state index in [9.17, 15) is 4.79 Å². The third kappa shape index (κ3) is 2.88. The number of aryl methyl sites for hydroxylation is 2. The van der Waals surface area contributed by atoms with E-state index < -0.39 is 0 Å². The molecule has 0 aliphatic heterocycles. The number of rotatable bonds is 4. The highest BCUT2D eigenvalue weighted by Crippen LogP contribution is 2.31. The smallest absolute Gasteiger partial charge is 0.194 e. The van der Waals surface area contributed by atoms with E-state index in [1.807, 2.05) is 86.6 Å². The van der Waals surface area contributed by atoms with Gasteiger partial charge >= 0.3 is 0 Å². The second kappa shape index (κ2) is 6.52. The molecule has 3 nitrogen and oxygen atoms in total. The van der Waals surface area contributed by atoms with Crippen molar-refractivity contribution in [3.8, 4) is 22.6 Å². The number of hydrogen-bond acceptors (Lipinski definition) is 3. The molecular weight excluding hydrogens is 324 g/mol. The first-order chi connectivity index (χ1) is 12.6. The van der Waals surface area contributed by atoms with E-state index in [0.717, 1.165) is 22.6 Å². The van der Waals surface area contributed by atoms with Crippen LogP contribution in [0.5, 0.6) is 0 Å². The van der Waals surface area contributed by atoms with Gasteiger partial charge in [0.25, 0.3) is 0 Å². The van der Waals surface area contributed by atoms with Crippen LogP contribution in [0.25, 0.3) is 22.6 Å². The van der Waals surface area contributed by atoms with Crippen LogP contribution in [0.4, 0.5) is 0 Å². The zero-order valence-corrected chi connectivity index (χ0v) is 14.7. The predicted molar refractivity (Wildman–Crippen MR) is 101 cm³/mol. The Morgan fingerprint density at radius 2 is 1.04 bits per heavy atom. The molecule has 4 aromatic rings. The van der Waals surface area contributed by atoms with E-state index >= 15 is 0 Å². The van der Waals surface area contributed by atoms with Gasteiger partial charge in [0.1, 0.15) is 23.0 Å². The first kappa shape index (κ1) is 16.2. The Bertz CT molecular complexity index is 996. The zero-order valence-electron chi connectivity index (χ0n) is 14.7. The SMILES string of the molecule is Cc1ccc(-c2ccccc2C(=O)c2ccccc2-c2ccc(C)o2)o1. The maximum Gasteiger partial charge on any atom is 0.194 e. The first-order valence-electron chi connectivity index (χ1n) is 8.50. The van der Waals surface area contributed by atoms with Crippen molar-refractivity contribution >= 4 is 5.78 Å². The van der Waals surface area contributed by atoms with Gasteiger partial charge in [0.05, 0.1) is 0 Å². The summed E-state index contributed by atoms with van der Waals surface area (Å²) in [6, 6.07) is 22.6. The number of benzene rings is 2. The van der Waals surface area contributed by atoms with E-state index in [1.54, 1.807) is 0 Å². The van der Waals surface area contributed by atoms with Crippen molar-refractivity contribution in [1.29, 1.82) is 0 Å². The summed E-state index contributed by atoms with van der Waals surface area (Å²) in [7, 11) is 0. The molecule has 0 spiro atoms. The molecule has 0 fully saturated rings. The highest BCUT2D eigenvalue weighted by Gasteiger charge is 2.20. The summed E-state index contributed by atoms with van der Waals surface area (Å²) in [5.41, 5.74) is 2.79. The van der Waals surface area contributed by atoms with Crippen LogP contribution in [-0.2, 0) is 0 Å². The molecule has 2 aromatic carbocycles. The molecule has 26 heavy (non-hydrogen) atoms. The quantitative estimate of drug-likeness (QED) is 0.424. The van der Waals surface area contributed by atoms with Crippen molar-refractivity contribution < 1.29 is 13.6 Å². The Labute approximate surface area is 151 Å². The molecule has 3 heteroatoms. The van der Waals surface area contributed by atoms with Gasteiger partial charge in [-0.05, 0) is 38.1 Å². The third-order valence-electron chi connectivity index (χ3n) is 4.36. The summed E-state index contributed by atoms with van der Waals surface area (Å²) in [5, 5.41) is 0. The van der Waals surface area contributed by atoms with E-state index in [1.165, 1.54) is 0 Å². The van der Waals surface area contributed by atoms with E-state index in [4.69, 9.17) is 8.83 Å². The predicted octanol–water partition coefficient (Wildman–Crippen LogP) is 6.05. The second-order valence-electron chi connectivity index (χ2n) is 6.24. The van der Waals surface area contributed by atoms with Gasteiger partial charge in [-0.25, -0.2) is 0 Å².